The van der Waals surface area contributed by atoms with Crippen LogP contribution in [0.25, 0.3) is 0 Å². The van der Waals surface area contributed by atoms with Gasteiger partial charge in [0.1, 0.15) is 11.4 Å². The minimum atomic E-state index is -0.337. The number of hydrogen-bond donors (Lipinski definition) is 0. The number of ketones is 1. The largest absolute Gasteiger partial charge is 0.459 e. The molecule has 1 saturated heterocycles. The molecule has 0 spiro atoms. The van der Waals surface area contributed by atoms with Gasteiger partial charge in [-0.1, -0.05) is 20.8 Å². The molecule has 3 aliphatic rings. The molecule has 4 atom stereocenters. The van der Waals surface area contributed by atoms with E-state index >= 15 is 0 Å². The highest BCUT2D eigenvalue weighted by atomic mass is 16.6. The zero-order valence-corrected chi connectivity index (χ0v) is 12.4. The minimum absolute atomic E-state index is 0.0526. The SMILES string of the molecule is CC1(C)CC(=O)C[C@]2(C)C3CC(=O)O[C@]3(C)CC[C@@H]12. The highest BCUT2D eigenvalue weighted by Crippen LogP contribution is 2.64. The third-order valence-electron chi connectivity index (χ3n) is 6.15. The summed E-state index contributed by atoms with van der Waals surface area (Å²) in [5.41, 5.74) is -0.356. The van der Waals surface area contributed by atoms with Crippen molar-refractivity contribution in [3.8, 4) is 0 Å². The molecular formula is C16H24O3. The van der Waals surface area contributed by atoms with Crippen molar-refractivity contribution in [2.45, 2.75) is 65.4 Å². The summed E-state index contributed by atoms with van der Waals surface area (Å²) >= 11 is 0. The third-order valence-corrected chi connectivity index (χ3v) is 6.15. The molecule has 3 nitrogen and oxygen atoms in total. The van der Waals surface area contributed by atoms with Gasteiger partial charge in [-0.2, -0.15) is 0 Å². The van der Waals surface area contributed by atoms with Crippen LogP contribution in [0, 0.1) is 22.7 Å². The number of carbonyl (C=O) groups is 2. The number of hydrogen-bond acceptors (Lipinski definition) is 3. The lowest BCUT2D eigenvalue weighted by atomic mass is 9.45. The summed E-state index contributed by atoms with van der Waals surface area (Å²) in [4.78, 5) is 24.0. The third kappa shape index (κ3) is 1.70. The molecule has 0 amide bonds. The molecule has 3 rings (SSSR count). The Morgan fingerprint density at radius 3 is 2.42 bits per heavy atom. The number of carbonyl (C=O) groups excluding carboxylic acids is 2. The quantitative estimate of drug-likeness (QED) is 0.631. The summed E-state index contributed by atoms with van der Waals surface area (Å²) in [5.74, 6) is 0.998. The van der Waals surface area contributed by atoms with Gasteiger partial charge in [0, 0.05) is 18.8 Å². The van der Waals surface area contributed by atoms with Gasteiger partial charge < -0.3 is 4.74 Å². The fourth-order valence-electron chi connectivity index (χ4n) is 5.56. The lowest BCUT2D eigenvalue weighted by molar-refractivity contribution is -0.168. The van der Waals surface area contributed by atoms with E-state index in [1.54, 1.807) is 0 Å². The number of ether oxygens (including phenoxy) is 1. The van der Waals surface area contributed by atoms with E-state index in [-0.39, 0.29) is 28.3 Å². The summed E-state index contributed by atoms with van der Waals surface area (Å²) < 4.78 is 5.62. The van der Waals surface area contributed by atoms with E-state index in [1.807, 2.05) is 0 Å². The standard InChI is InChI=1S/C16H24O3/c1-14(2)8-10(17)9-15(3)11(14)5-6-16(4)12(15)7-13(18)19-16/h11-12H,5-9H2,1-4H3/t11-,12?,15-,16+/m0/s1. The number of esters is 1. The Kier molecular flexibility index (Phi) is 2.50. The van der Waals surface area contributed by atoms with Crippen LogP contribution in [0.15, 0.2) is 0 Å². The minimum Gasteiger partial charge on any atom is -0.459 e. The van der Waals surface area contributed by atoms with Crippen molar-refractivity contribution in [3.63, 3.8) is 0 Å². The summed E-state index contributed by atoms with van der Waals surface area (Å²) in [6, 6.07) is 0. The molecule has 0 aromatic rings. The van der Waals surface area contributed by atoms with Crippen molar-refractivity contribution in [1.82, 2.24) is 0 Å². The van der Waals surface area contributed by atoms with E-state index in [0.29, 0.717) is 31.0 Å². The van der Waals surface area contributed by atoms with Crippen molar-refractivity contribution in [2.24, 2.45) is 22.7 Å². The molecule has 1 heterocycles. The van der Waals surface area contributed by atoms with Crippen LogP contribution < -0.4 is 0 Å². The van der Waals surface area contributed by atoms with Gasteiger partial charge in [-0.3, -0.25) is 9.59 Å². The number of Topliss-reactive ketones (excluding diaryl/α,β-unsaturated/α-hetero) is 1. The van der Waals surface area contributed by atoms with Crippen molar-refractivity contribution < 1.29 is 14.3 Å². The Morgan fingerprint density at radius 1 is 1.05 bits per heavy atom. The van der Waals surface area contributed by atoms with Crippen molar-refractivity contribution >= 4 is 11.8 Å². The molecule has 0 bridgehead atoms. The average Bonchev–Trinajstić information content (AvgIpc) is 2.51. The lowest BCUT2D eigenvalue weighted by Gasteiger charge is -2.58. The van der Waals surface area contributed by atoms with Crippen molar-refractivity contribution in [2.75, 3.05) is 0 Å². The second-order valence-corrected chi connectivity index (χ2v) is 8.02. The normalized spacial score (nSPS) is 48.4. The van der Waals surface area contributed by atoms with Gasteiger partial charge in [0.05, 0.1) is 6.42 Å². The molecule has 106 valence electrons. The van der Waals surface area contributed by atoms with Crippen LogP contribution in [0.1, 0.15) is 59.8 Å². The van der Waals surface area contributed by atoms with E-state index in [9.17, 15) is 9.59 Å². The van der Waals surface area contributed by atoms with Crippen LogP contribution in [0.4, 0.5) is 0 Å². The molecule has 0 radical (unpaired) electrons. The maximum Gasteiger partial charge on any atom is 0.306 e. The first-order chi connectivity index (χ1) is 8.67. The Morgan fingerprint density at radius 2 is 1.74 bits per heavy atom. The van der Waals surface area contributed by atoms with Gasteiger partial charge in [0.15, 0.2) is 0 Å². The van der Waals surface area contributed by atoms with Crippen LogP contribution >= 0.6 is 0 Å². The van der Waals surface area contributed by atoms with Crippen LogP contribution in [-0.4, -0.2) is 17.4 Å². The zero-order valence-electron chi connectivity index (χ0n) is 12.4. The summed E-state index contributed by atoms with van der Waals surface area (Å²) in [6.07, 6.45) is 3.81. The Hall–Kier alpha value is -0.860. The summed E-state index contributed by atoms with van der Waals surface area (Å²) in [7, 11) is 0. The Bertz CT molecular complexity index is 453. The maximum absolute atomic E-state index is 12.2. The van der Waals surface area contributed by atoms with E-state index in [0.717, 1.165) is 12.8 Å². The monoisotopic (exact) mass is 264 g/mol. The van der Waals surface area contributed by atoms with Gasteiger partial charge in [0.2, 0.25) is 0 Å². The van der Waals surface area contributed by atoms with Crippen LogP contribution in [0.2, 0.25) is 0 Å². The molecule has 2 aliphatic carbocycles. The van der Waals surface area contributed by atoms with Gasteiger partial charge >= 0.3 is 5.97 Å². The molecule has 0 N–H and O–H groups in total. The second kappa shape index (κ2) is 3.62. The van der Waals surface area contributed by atoms with Gasteiger partial charge in [-0.25, -0.2) is 0 Å². The van der Waals surface area contributed by atoms with Crippen molar-refractivity contribution in [3.05, 3.63) is 0 Å². The van der Waals surface area contributed by atoms with Gasteiger partial charge in [-0.15, -0.1) is 0 Å². The molecule has 1 aliphatic heterocycles. The maximum atomic E-state index is 12.2. The summed E-state index contributed by atoms with van der Waals surface area (Å²) in [5, 5.41) is 0. The highest BCUT2D eigenvalue weighted by Gasteiger charge is 2.63. The molecule has 0 aromatic carbocycles. The van der Waals surface area contributed by atoms with E-state index in [2.05, 4.69) is 27.7 Å². The van der Waals surface area contributed by atoms with Crippen molar-refractivity contribution in [1.29, 1.82) is 0 Å². The second-order valence-electron chi connectivity index (χ2n) is 8.02. The number of fused-ring (bicyclic) bond motifs is 3. The van der Waals surface area contributed by atoms with Crippen LogP contribution in [0.5, 0.6) is 0 Å². The fourth-order valence-corrected chi connectivity index (χ4v) is 5.56. The first-order valence-electron chi connectivity index (χ1n) is 7.41. The molecule has 1 unspecified atom stereocenters. The average molecular weight is 264 g/mol. The lowest BCUT2D eigenvalue weighted by Crippen LogP contribution is -2.57. The number of rotatable bonds is 0. The first kappa shape index (κ1) is 13.1. The predicted octanol–water partition coefficient (Wildman–Crippen LogP) is 3.11. The smallest absolute Gasteiger partial charge is 0.306 e. The molecule has 2 saturated carbocycles. The highest BCUT2D eigenvalue weighted by molar-refractivity contribution is 5.81. The van der Waals surface area contributed by atoms with E-state index in [1.165, 1.54) is 0 Å². The molecule has 3 heteroatoms. The molecule has 0 aromatic heterocycles. The van der Waals surface area contributed by atoms with Gasteiger partial charge in [-0.05, 0) is 36.5 Å². The van der Waals surface area contributed by atoms with Gasteiger partial charge in [0.25, 0.3) is 0 Å². The predicted molar refractivity (Wildman–Crippen MR) is 71.5 cm³/mol. The fraction of sp³-hybridized carbons (Fsp3) is 0.875. The zero-order chi connectivity index (χ0) is 14.1. The Balaban J connectivity index is 2.04. The van der Waals surface area contributed by atoms with E-state index in [4.69, 9.17) is 4.74 Å². The summed E-state index contributed by atoms with van der Waals surface area (Å²) in [6.45, 7) is 8.72. The molecule has 3 fully saturated rings. The van der Waals surface area contributed by atoms with E-state index < -0.39 is 0 Å². The topological polar surface area (TPSA) is 43.4 Å². The Labute approximate surface area is 115 Å². The molecule has 19 heavy (non-hydrogen) atoms. The molecular weight excluding hydrogens is 240 g/mol. The first-order valence-corrected chi connectivity index (χ1v) is 7.41. The van der Waals surface area contributed by atoms with Crippen LogP contribution in [0.3, 0.4) is 0 Å². The van der Waals surface area contributed by atoms with Crippen LogP contribution in [-0.2, 0) is 14.3 Å².